The van der Waals surface area contributed by atoms with Crippen LogP contribution >= 0.6 is 35.4 Å². The molecule has 0 radical (unpaired) electrons. The van der Waals surface area contributed by atoms with Crippen molar-refractivity contribution in [1.29, 1.82) is 5.26 Å². The van der Waals surface area contributed by atoms with Crippen LogP contribution < -0.4 is 15.1 Å². The molecule has 0 aromatic heterocycles. The Morgan fingerprint density at radius 2 is 1.83 bits per heavy atom. The van der Waals surface area contributed by atoms with Crippen molar-refractivity contribution in [2.75, 3.05) is 28.3 Å². The summed E-state index contributed by atoms with van der Waals surface area (Å²) in [4.78, 5) is 28.5. The van der Waals surface area contributed by atoms with E-state index in [2.05, 4.69) is 5.32 Å². The topological polar surface area (TPSA) is 146 Å². The Hall–Kier alpha value is -2.98. The molecule has 0 aliphatic carbocycles. The lowest BCUT2D eigenvalue weighted by atomic mass is 10.0. The average Bonchev–Trinajstić information content (AvgIpc) is 3.01. The molecule has 0 saturated carbocycles. The first-order valence-corrected chi connectivity index (χ1v) is 11.7. The normalized spacial score (nSPS) is 16.5. The smallest absolute Gasteiger partial charge is 0.411 e. The van der Waals surface area contributed by atoms with Gasteiger partial charge in [-0.2, -0.15) is 5.26 Å². The highest BCUT2D eigenvalue weighted by Crippen LogP contribution is 2.39. The number of nitrogens with one attached hydrogen (secondary N) is 1. The number of nitrogens with zero attached hydrogens (tertiary/aromatic N) is 3. The standard InChI is InChI=1S/C23H22Cl2N4O6S/c1-23(2)20(33)28(13-4-3-12(9-26)16(25)7-13)22(36)29(23)14-5-6-15(24)17(8-14)27-21(34)35-11-19(32)18(31)10-30/h3-8,18-19,30-32H,10-11H2,1-2H3,(H,27,34)/t18-,19-/m1/s1. The van der Waals surface area contributed by atoms with Gasteiger partial charge in [-0.25, -0.2) is 4.79 Å². The number of aliphatic hydroxyl groups is 3. The molecule has 1 aliphatic rings. The van der Waals surface area contributed by atoms with Gasteiger partial charge in [0.2, 0.25) is 0 Å². The molecular weight excluding hydrogens is 531 g/mol. The van der Waals surface area contributed by atoms with Crippen LogP contribution in [0.5, 0.6) is 0 Å². The van der Waals surface area contributed by atoms with Gasteiger partial charge in [0, 0.05) is 5.69 Å². The van der Waals surface area contributed by atoms with Gasteiger partial charge >= 0.3 is 6.09 Å². The van der Waals surface area contributed by atoms with E-state index in [0.717, 1.165) is 0 Å². The second kappa shape index (κ2) is 11.0. The fourth-order valence-corrected chi connectivity index (χ4v) is 4.38. The third kappa shape index (κ3) is 5.39. The van der Waals surface area contributed by atoms with Gasteiger partial charge in [-0.15, -0.1) is 0 Å². The van der Waals surface area contributed by atoms with E-state index in [4.69, 9.17) is 50.5 Å². The van der Waals surface area contributed by atoms with Crippen LogP contribution in [0.1, 0.15) is 19.4 Å². The molecule has 0 bridgehead atoms. The first-order chi connectivity index (χ1) is 16.9. The predicted octanol–water partition coefficient (Wildman–Crippen LogP) is 3.04. The number of rotatable bonds is 7. The molecule has 36 heavy (non-hydrogen) atoms. The van der Waals surface area contributed by atoms with Gasteiger partial charge in [-0.05, 0) is 62.5 Å². The van der Waals surface area contributed by atoms with Gasteiger partial charge in [0.15, 0.2) is 5.11 Å². The molecular formula is C23H22Cl2N4O6S. The van der Waals surface area contributed by atoms with Crippen molar-refractivity contribution in [1.82, 2.24) is 0 Å². The summed E-state index contributed by atoms with van der Waals surface area (Å²) in [6.07, 6.45) is -3.90. The summed E-state index contributed by atoms with van der Waals surface area (Å²) < 4.78 is 4.87. The highest BCUT2D eigenvalue weighted by atomic mass is 35.5. The molecule has 0 spiro atoms. The molecule has 0 unspecified atom stereocenters. The van der Waals surface area contributed by atoms with Crippen LogP contribution in [-0.2, 0) is 9.53 Å². The lowest BCUT2D eigenvalue weighted by Gasteiger charge is -2.30. The lowest BCUT2D eigenvalue weighted by Crippen LogP contribution is -2.44. The molecule has 2 aromatic rings. The van der Waals surface area contributed by atoms with Gasteiger partial charge in [0.25, 0.3) is 5.91 Å². The number of benzene rings is 2. The predicted molar refractivity (Wildman–Crippen MR) is 138 cm³/mol. The quantitative estimate of drug-likeness (QED) is 0.380. The second-order valence-electron chi connectivity index (χ2n) is 8.30. The summed E-state index contributed by atoms with van der Waals surface area (Å²) in [6.45, 7) is 2.09. The molecule has 190 valence electrons. The van der Waals surface area contributed by atoms with E-state index in [1.807, 2.05) is 6.07 Å². The maximum atomic E-state index is 13.4. The zero-order chi connectivity index (χ0) is 26.8. The van der Waals surface area contributed by atoms with Crippen LogP contribution in [0.3, 0.4) is 0 Å². The van der Waals surface area contributed by atoms with Crippen molar-refractivity contribution >= 4 is 69.6 Å². The molecule has 1 saturated heterocycles. The van der Waals surface area contributed by atoms with Crippen molar-refractivity contribution in [3.63, 3.8) is 0 Å². The van der Waals surface area contributed by atoms with Crippen molar-refractivity contribution < 1.29 is 29.6 Å². The zero-order valence-electron chi connectivity index (χ0n) is 19.1. The van der Waals surface area contributed by atoms with Gasteiger partial charge in [-0.1, -0.05) is 23.2 Å². The van der Waals surface area contributed by atoms with E-state index < -0.39 is 37.1 Å². The number of anilines is 3. The monoisotopic (exact) mass is 552 g/mol. The Kier molecular flexibility index (Phi) is 8.40. The fraction of sp³-hybridized carbons (Fsp3) is 0.304. The number of amides is 2. The average molecular weight is 553 g/mol. The van der Waals surface area contributed by atoms with E-state index in [1.54, 1.807) is 30.9 Å². The van der Waals surface area contributed by atoms with Crippen LogP contribution in [0.2, 0.25) is 10.0 Å². The Morgan fingerprint density at radius 1 is 1.17 bits per heavy atom. The summed E-state index contributed by atoms with van der Waals surface area (Å²) in [5, 5.41) is 39.9. The molecule has 1 aliphatic heterocycles. The number of hydrogen-bond donors (Lipinski definition) is 4. The van der Waals surface area contributed by atoms with Crippen LogP contribution in [0.25, 0.3) is 0 Å². The minimum Gasteiger partial charge on any atom is -0.446 e. The SMILES string of the molecule is CC1(C)C(=O)N(c2ccc(C#N)c(Cl)c2)C(=S)N1c1ccc(Cl)c(NC(=O)OC[C@@H](O)[C@H](O)CO)c1. The van der Waals surface area contributed by atoms with E-state index >= 15 is 0 Å². The molecule has 2 aromatic carbocycles. The summed E-state index contributed by atoms with van der Waals surface area (Å²) in [7, 11) is 0. The number of aliphatic hydroxyl groups excluding tert-OH is 3. The van der Waals surface area contributed by atoms with Crippen molar-refractivity contribution in [2.45, 2.75) is 31.6 Å². The fourth-order valence-electron chi connectivity index (χ4n) is 3.48. The molecule has 3 rings (SSSR count). The Balaban J connectivity index is 1.87. The van der Waals surface area contributed by atoms with E-state index in [9.17, 15) is 19.8 Å². The molecule has 4 N–H and O–H groups in total. The van der Waals surface area contributed by atoms with E-state index in [0.29, 0.717) is 11.4 Å². The minimum atomic E-state index is -1.47. The van der Waals surface area contributed by atoms with Gasteiger partial charge in [0.05, 0.1) is 33.6 Å². The Labute approximate surface area is 222 Å². The Morgan fingerprint density at radius 3 is 2.44 bits per heavy atom. The van der Waals surface area contributed by atoms with Crippen LogP contribution in [0.4, 0.5) is 21.9 Å². The van der Waals surface area contributed by atoms with Gasteiger partial charge in [0.1, 0.15) is 30.4 Å². The Bertz CT molecular complexity index is 1250. The lowest BCUT2D eigenvalue weighted by molar-refractivity contribution is -0.120. The summed E-state index contributed by atoms with van der Waals surface area (Å²) in [5.41, 5.74) is 0.100. The summed E-state index contributed by atoms with van der Waals surface area (Å²) in [5.74, 6) is -0.339. The van der Waals surface area contributed by atoms with Crippen molar-refractivity contribution in [2.24, 2.45) is 0 Å². The van der Waals surface area contributed by atoms with Crippen molar-refractivity contribution in [3.05, 3.63) is 52.0 Å². The largest absolute Gasteiger partial charge is 0.446 e. The maximum Gasteiger partial charge on any atom is 0.411 e. The highest BCUT2D eigenvalue weighted by molar-refractivity contribution is 7.81. The van der Waals surface area contributed by atoms with E-state index in [1.165, 1.54) is 29.2 Å². The maximum absolute atomic E-state index is 13.4. The van der Waals surface area contributed by atoms with Gasteiger partial charge < -0.3 is 25.0 Å². The molecule has 13 heteroatoms. The van der Waals surface area contributed by atoms with Crippen LogP contribution in [0.15, 0.2) is 36.4 Å². The van der Waals surface area contributed by atoms with Crippen LogP contribution in [0, 0.1) is 11.3 Å². The third-order valence-corrected chi connectivity index (χ3v) is 6.47. The summed E-state index contributed by atoms with van der Waals surface area (Å²) >= 11 is 18.0. The number of carbonyl (C=O) groups is 2. The first-order valence-electron chi connectivity index (χ1n) is 10.5. The van der Waals surface area contributed by atoms with E-state index in [-0.39, 0.29) is 32.3 Å². The highest BCUT2D eigenvalue weighted by Gasteiger charge is 2.50. The number of carbonyl (C=O) groups excluding carboxylic acids is 2. The number of ether oxygens (including phenoxy) is 1. The zero-order valence-corrected chi connectivity index (χ0v) is 21.4. The van der Waals surface area contributed by atoms with Gasteiger partial charge in [-0.3, -0.25) is 15.0 Å². The van der Waals surface area contributed by atoms with Crippen LogP contribution in [-0.4, -0.2) is 63.4 Å². The third-order valence-electron chi connectivity index (χ3n) is 5.46. The van der Waals surface area contributed by atoms with Crippen molar-refractivity contribution in [3.8, 4) is 6.07 Å². The molecule has 1 heterocycles. The number of halogens is 2. The summed E-state index contributed by atoms with van der Waals surface area (Å²) in [6, 6.07) is 11.1. The number of thiocarbonyl (C=S) groups is 1. The minimum absolute atomic E-state index is 0.141. The first kappa shape index (κ1) is 27.6. The molecule has 2 atom stereocenters. The molecule has 10 nitrogen and oxygen atoms in total. The number of hydrogen-bond acceptors (Lipinski definition) is 8. The molecule has 1 fully saturated rings. The molecule has 2 amide bonds. The second-order valence-corrected chi connectivity index (χ2v) is 9.48. The number of nitriles is 1.